The number of nitrogens with one attached hydrogen (secondary N) is 1. The Bertz CT molecular complexity index is 1730. The molecule has 2 aromatic rings. The summed E-state index contributed by atoms with van der Waals surface area (Å²) in [6.07, 6.45) is 25.2. The molecule has 67 heavy (non-hydrogen) atoms. The van der Waals surface area contributed by atoms with Crippen molar-refractivity contribution in [2.75, 3.05) is 38.8 Å². The van der Waals surface area contributed by atoms with Gasteiger partial charge in [-0.25, -0.2) is 4.79 Å². The van der Waals surface area contributed by atoms with Gasteiger partial charge in [-0.1, -0.05) is 127 Å². The third kappa shape index (κ3) is 22.7. The Kier molecular flexibility index (Phi) is 27.1. The lowest BCUT2D eigenvalue weighted by atomic mass is 9.90. The van der Waals surface area contributed by atoms with Gasteiger partial charge in [-0.15, -0.1) is 0 Å². The molecule has 0 unspecified atom stereocenters. The highest BCUT2D eigenvalue weighted by molar-refractivity contribution is 7.54. The van der Waals surface area contributed by atoms with E-state index >= 15 is 0 Å². The highest BCUT2D eigenvalue weighted by atomic mass is 31.2. The summed E-state index contributed by atoms with van der Waals surface area (Å²) in [5.41, 5.74) is 10.9. The minimum absolute atomic E-state index is 0.272. The standard InChI is InChI=1S/C30H52NO5P.C25H44NO3P/c1-7-10-11-12-13-14-15-25-16-18-26(19-17-25)27-20-21-30(24-27,31-28(32)36-29(4,5)6)22-23-37(33,34-8-2)35-9-3;1-4-7-8-9-10-11-12-22-13-15-23(16-14-22)24-17-18-25(26,21-24)19-20-30(27,28-5-2)29-6-3/h16-19,27H,7-15,20-24H2,1-6H3,(H,31,32);13-16,24H,4-12,17-21,26H2,1-3H3/t27-,30-;24-,25-/m00/s1. The van der Waals surface area contributed by atoms with Crippen LogP contribution < -0.4 is 11.1 Å². The molecular weight excluding hydrogens is 879 g/mol. The van der Waals surface area contributed by atoms with E-state index in [1.807, 2.05) is 48.5 Å². The normalized spacial score (nSPS) is 21.0. The molecule has 0 spiro atoms. The van der Waals surface area contributed by atoms with Crippen LogP contribution in [-0.2, 0) is 44.8 Å². The molecule has 0 bridgehead atoms. The smallest absolute Gasteiger partial charge is 0.408 e. The van der Waals surface area contributed by atoms with Crippen molar-refractivity contribution in [3.63, 3.8) is 0 Å². The number of alkyl carbamates (subject to hydrolysis) is 1. The van der Waals surface area contributed by atoms with Crippen LogP contribution in [-0.4, -0.2) is 61.5 Å². The molecule has 2 fully saturated rings. The second kappa shape index (κ2) is 30.7. The summed E-state index contributed by atoms with van der Waals surface area (Å²) in [5, 5.41) is 3.17. The number of nitrogens with two attached hydrogens (primary N) is 1. The van der Waals surface area contributed by atoms with Gasteiger partial charge in [0.05, 0.1) is 38.8 Å². The number of hydrogen-bond acceptors (Lipinski definition) is 9. The van der Waals surface area contributed by atoms with Gasteiger partial charge >= 0.3 is 21.3 Å². The van der Waals surface area contributed by atoms with Crippen LogP contribution in [0.25, 0.3) is 0 Å². The van der Waals surface area contributed by atoms with Crippen molar-refractivity contribution >= 4 is 21.3 Å². The molecule has 0 radical (unpaired) electrons. The maximum Gasteiger partial charge on any atom is 0.408 e. The number of amides is 1. The van der Waals surface area contributed by atoms with Crippen LogP contribution in [0, 0.1) is 0 Å². The molecule has 4 atom stereocenters. The van der Waals surface area contributed by atoms with Crippen molar-refractivity contribution in [1.82, 2.24) is 5.32 Å². The Morgan fingerprint density at radius 3 is 1.43 bits per heavy atom. The molecule has 0 heterocycles. The van der Waals surface area contributed by atoms with E-state index in [1.165, 1.54) is 106 Å². The van der Waals surface area contributed by atoms with Crippen LogP contribution in [0.3, 0.4) is 0 Å². The average molecular weight is 975 g/mol. The zero-order chi connectivity index (χ0) is 49.2. The Morgan fingerprint density at radius 2 is 1.00 bits per heavy atom. The van der Waals surface area contributed by atoms with Crippen LogP contribution in [0.4, 0.5) is 4.79 Å². The van der Waals surface area contributed by atoms with Gasteiger partial charge in [0.15, 0.2) is 0 Å². The molecule has 10 nitrogen and oxygen atoms in total. The fraction of sp³-hybridized carbons (Fsp3) is 0.764. The van der Waals surface area contributed by atoms with E-state index in [9.17, 15) is 13.9 Å². The minimum Gasteiger partial charge on any atom is -0.444 e. The third-order valence-electron chi connectivity index (χ3n) is 13.6. The Morgan fingerprint density at radius 1 is 0.597 bits per heavy atom. The minimum atomic E-state index is -3.21. The molecule has 2 aliphatic carbocycles. The maximum atomic E-state index is 13.2. The third-order valence-corrected chi connectivity index (χ3v) is 17.8. The van der Waals surface area contributed by atoms with E-state index in [0.29, 0.717) is 57.3 Å². The topological polar surface area (TPSA) is 135 Å². The second-order valence-corrected chi connectivity index (χ2v) is 24.9. The summed E-state index contributed by atoms with van der Waals surface area (Å²) >= 11 is 0. The highest BCUT2D eigenvalue weighted by Gasteiger charge is 2.44. The van der Waals surface area contributed by atoms with Crippen molar-refractivity contribution in [2.24, 2.45) is 5.73 Å². The lowest BCUT2D eigenvalue weighted by Crippen LogP contribution is -2.49. The number of unbranched alkanes of at least 4 members (excludes halogenated alkanes) is 10. The fourth-order valence-corrected chi connectivity index (χ4v) is 13.6. The van der Waals surface area contributed by atoms with E-state index in [2.05, 4.69) is 67.7 Å². The van der Waals surface area contributed by atoms with Crippen molar-refractivity contribution in [1.29, 1.82) is 0 Å². The second-order valence-electron chi connectivity index (χ2n) is 20.5. The lowest BCUT2D eigenvalue weighted by Gasteiger charge is -2.33. The molecule has 0 aliphatic heterocycles. The summed E-state index contributed by atoms with van der Waals surface area (Å²) in [5.74, 6) is 0.827. The lowest BCUT2D eigenvalue weighted by molar-refractivity contribution is 0.0451. The molecule has 12 heteroatoms. The van der Waals surface area contributed by atoms with Gasteiger partial charge in [-0.2, -0.15) is 0 Å². The Balaban J connectivity index is 0.000000363. The van der Waals surface area contributed by atoms with Gasteiger partial charge in [-0.3, -0.25) is 9.13 Å². The predicted octanol–water partition coefficient (Wildman–Crippen LogP) is 16.0. The van der Waals surface area contributed by atoms with Gasteiger partial charge in [0.2, 0.25) is 0 Å². The van der Waals surface area contributed by atoms with Crippen LogP contribution in [0.2, 0.25) is 0 Å². The molecule has 2 aromatic carbocycles. The Hall–Kier alpha value is -2.03. The van der Waals surface area contributed by atoms with Gasteiger partial charge in [0.25, 0.3) is 0 Å². The van der Waals surface area contributed by atoms with Gasteiger partial charge in [0, 0.05) is 11.1 Å². The number of benzene rings is 2. The Labute approximate surface area is 409 Å². The summed E-state index contributed by atoms with van der Waals surface area (Å²) < 4.78 is 53.5. The number of ether oxygens (including phenoxy) is 1. The number of hydrogen-bond donors (Lipinski definition) is 2. The van der Waals surface area contributed by atoms with Crippen LogP contribution in [0.15, 0.2) is 48.5 Å². The summed E-state index contributed by atoms with van der Waals surface area (Å²) in [6.45, 7) is 18.9. The van der Waals surface area contributed by atoms with Crippen LogP contribution in [0.5, 0.6) is 0 Å². The summed E-state index contributed by atoms with van der Waals surface area (Å²) in [7, 11) is -6.22. The summed E-state index contributed by atoms with van der Waals surface area (Å²) in [6, 6.07) is 18.2. The number of carbonyl (C=O) groups excluding carboxylic acids is 1. The number of carbonyl (C=O) groups is 1. The van der Waals surface area contributed by atoms with Crippen molar-refractivity contribution in [3.8, 4) is 0 Å². The number of aryl methyl sites for hydroxylation is 2. The highest BCUT2D eigenvalue weighted by Crippen LogP contribution is 2.53. The molecule has 3 N–H and O–H groups in total. The van der Waals surface area contributed by atoms with E-state index in [4.69, 9.17) is 28.6 Å². The number of rotatable bonds is 31. The van der Waals surface area contributed by atoms with Crippen molar-refractivity contribution in [3.05, 3.63) is 70.8 Å². The van der Waals surface area contributed by atoms with E-state index in [0.717, 1.165) is 44.9 Å². The first-order valence-electron chi connectivity index (χ1n) is 26.7. The molecule has 384 valence electrons. The van der Waals surface area contributed by atoms with E-state index < -0.39 is 32.4 Å². The first-order valence-corrected chi connectivity index (χ1v) is 30.2. The quantitative estimate of drug-likeness (QED) is 0.0559. The summed E-state index contributed by atoms with van der Waals surface area (Å²) in [4.78, 5) is 12.8. The average Bonchev–Trinajstić information content (AvgIpc) is 3.89. The van der Waals surface area contributed by atoms with E-state index in [1.54, 1.807) is 0 Å². The molecule has 4 rings (SSSR count). The first kappa shape index (κ1) is 59.3. The van der Waals surface area contributed by atoms with Gasteiger partial charge in [-0.05, 0) is 160 Å². The fourth-order valence-electron chi connectivity index (χ4n) is 9.96. The zero-order valence-electron chi connectivity index (χ0n) is 43.8. The first-order chi connectivity index (χ1) is 32.0. The molecule has 0 aromatic heterocycles. The monoisotopic (exact) mass is 975 g/mol. The molecule has 2 aliphatic rings. The largest absolute Gasteiger partial charge is 0.444 e. The predicted molar refractivity (Wildman–Crippen MR) is 280 cm³/mol. The van der Waals surface area contributed by atoms with Gasteiger partial charge < -0.3 is 33.9 Å². The van der Waals surface area contributed by atoms with Crippen LogP contribution in [0.1, 0.15) is 225 Å². The molecule has 2 saturated carbocycles. The molecule has 1 amide bonds. The van der Waals surface area contributed by atoms with E-state index in [-0.39, 0.29) is 11.7 Å². The van der Waals surface area contributed by atoms with Crippen LogP contribution >= 0.6 is 15.2 Å². The maximum absolute atomic E-state index is 13.2. The van der Waals surface area contributed by atoms with Gasteiger partial charge in [0.1, 0.15) is 5.60 Å². The zero-order valence-corrected chi connectivity index (χ0v) is 45.6. The molecular formula is C55H96N2O8P2. The molecule has 0 saturated heterocycles. The SMILES string of the molecule is CCCCCCCCc1ccc([C@H]2CC[C@@](CCP(=O)(OCC)OCC)(NC(=O)OC(C)(C)C)C2)cc1.CCCCCCCCc1ccc([C@H]2CC[C@](N)(CCP(=O)(OCC)OCC)C2)cc1. The van der Waals surface area contributed by atoms with Crippen molar-refractivity contribution < 1.29 is 36.8 Å². The van der Waals surface area contributed by atoms with Crippen molar-refractivity contribution in [2.45, 2.75) is 232 Å².